The molecule has 6 heteroatoms. The molecule has 0 saturated carbocycles. The minimum Gasteiger partial charge on any atom is -0.448 e. The van der Waals surface area contributed by atoms with E-state index in [1.807, 2.05) is 59.5 Å². The second-order valence-electron chi connectivity index (χ2n) is 10.5. The number of benzene rings is 3. The predicted octanol–water partition coefficient (Wildman–Crippen LogP) is 5.85. The Morgan fingerprint density at radius 2 is 1.55 bits per heavy atom. The summed E-state index contributed by atoms with van der Waals surface area (Å²) in [7, 11) is 0. The molecule has 3 aliphatic rings. The minimum atomic E-state index is -0.312. The number of ether oxygens (including phenoxy) is 2. The van der Waals surface area contributed by atoms with E-state index in [-0.39, 0.29) is 42.4 Å². The number of aromatic nitrogens is 1. The third kappa shape index (κ3) is 3.87. The minimum absolute atomic E-state index is 0.0175. The second kappa shape index (κ2) is 9.37. The number of carbonyl (C=O) groups excluding carboxylic acids is 2. The van der Waals surface area contributed by atoms with Gasteiger partial charge in [0.2, 0.25) is 0 Å². The van der Waals surface area contributed by atoms with Crippen LogP contribution in [0.5, 0.6) is 0 Å². The summed E-state index contributed by atoms with van der Waals surface area (Å²) in [4.78, 5) is 33.1. The molecule has 2 unspecified atom stereocenters. The van der Waals surface area contributed by atoms with Gasteiger partial charge in [0.15, 0.2) is 5.78 Å². The summed E-state index contributed by atoms with van der Waals surface area (Å²) in [5.41, 5.74) is 6.37. The van der Waals surface area contributed by atoms with Gasteiger partial charge in [-0.1, -0.05) is 54.6 Å². The molecule has 2 fully saturated rings. The topological polar surface area (TPSA) is 68.7 Å². The fourth-order valence-corrected chi connectivity index (χ4v) is 6.56. The van der Waals surface area contributed by atoms with Gasteiger partial charge < -0.3 is 9.47 Å². The van der Waals surface area contributed by atoms with E-state index in [1.165, 1.54) is 22.3 Å². The molecule has 2 aliphatic heterocycles. The molecule has 1 amide bonds. The van der Waals surface area contributed by atoms with Crippen molar-refractivity contribution < 1.29 is 19.1 Å². The third-order valence-corrected chi connectivity index (χ3v) is 8.33. The van der Waals surface area contributed by atoms with E-state index in [9.17, 15) is 9.59 Å². The van der Waals surface area contributed by atoms with Crippen LogP contribution >= 0.6 is 0 Å². The Labute approximate surface area is 221 Å². The second-order valence-corrected chi connectivity index (χ2v) is 10.5. The average molecular weight is 505 g/mol. The fourth-order valence-electron chi connectivity index (χ4n) is 6.56. The number of morpholine rings is 1. The molecule has 0 N–H and O–H groups in total. The fraction of sp³-hybridized carbons (Fsp3) is 0.281. The van der Waals surface area contributed by atoms with E-state index in [2.05, 4.69) is 29.2 Å². The van der Waals surface area contributed by atoms with Gasteiger partial charge in [0, 0.05) is 29.0 Å². The first-order valence-corrected chi connectivity index (χ1v) is 13.3. The molecule has 1 aliphatic carbocycles. The molecular formula is C32H28N2O4. The van der Waals surface area contributed by atoms with Crippen LogP contribution in [0.2, 0.25) is 0 Å². The monoisotopic (exact) mass is 504 g/mol. The van der Waals surface area contributed by atoms with E-state index in [1.54, 1.807) is 6.20 Å². The van der Waals surface area contributed by atoms with Crippen molar-refractivity contribution in [1.29, 1.82) is 0 Å². The van der Waals surface area contributed by atoms with Crippen LogP contribution in [-0.4, -0.2) is 53.7 Å². The molecule has 190 valence electrons. The Bertz CT molecular complexity index is 1490. The Morgan fingerprint density at radius 3 is 2.26 bits per heavy atom. The zero-order chi connectivity index (χ0) is 25.6. The maximum atomic E-state index is 13.5. The largest absolute Gasteiger partial charge is 0.448 e. The van der Waals surface area contributed by atoms with Crippen LogP contribution in [0.4, 0.5) is 4.79 Å². The van der Waals surface area contributed by atoms with Gasteiger partial charge in [0.05, 0.1) is 30.8 Å². The number of carbonyl (C=O) groups is 2. The summed E-state index contributed by atoms with van der Waals surface area (Å²) in [6.07, 6.45) is 2.59. The first kappa shape index (κ1) is 23.1. The van der Waals surface area contributed by atoms with Gasteiger partial charge >= 0.3 is 6.09 Å². The van der Waals surface area contributed by atoms with E-state index in [0.29, 0.717) is 31.6 Å². The maximum Gasteiger partial charge on any atom is 0.410 e. The first-order valence-electron chi connectivity index (χ1n) is 13.3. The zero-order valence-corrected chi connectivity index (χ0v) is 21.0. The number of hydrogen-bond donors (Lipinski definition) is 0. The van der Waals surface area contributed by atoms with Gasteiger partial charge in [-0.25, -0.2) is 4.79 Å². The average Bonchev–Trinajstić information content (AvgIpc) is 3.28. The zero-order valence-electron chi connectivity index (χ0n) is 21.0. The number of piperidine rings is 1. The number of pyridine rings is 1. The highest BCUT2D eigenvalue weighted by Crippen LogP contribution is 2.44. The van der Waals surface area contributed by atoms with E-state index in [4.69, 9.17) is 9.47 Å². The lowest BCUT2D eigenvalue weighted by molar-refractivity contribution is -0.0747. The molecule has 6 nitrogen and oxygen atoms in total. The lowest BCUT2D eigenvalue weighted by Gasteiger charge is -2.47. The normalized spacial score (nSPS) is 22.1. The van der Waals surface area contributed by atoms with Crippen LogP contribution in [0, 0.1) is 5.92 Å². The van der Waals surface area contributed by atoms with Crippen LogP contribution in [0.25, 0.3) is 22.0 Å². The highest BCUT2D eigenvalue weighted by atomic mass is 16.6. The summed E-state index contributed by atoms with van der Waals surface area (Å²) < 4.78 is 11.8. The molecule has 3 aromatic carbocycles. The highest BCUT2D eigenvalue weighted by Gasteiger charge is 2.45. The SMILES string of the molecule is O=C(c1ccc2ncccc2c1)C1CC2COCC(C1)N2C(=O)OCC1c2ccccc2-c2ccccc21. The van der Waals surface area contributed by atoms with Gasteiger partial charge in [-0.15, -0.1) is 0 Å². The van der Waals surface area contributed by atoms with Crippen molar-refractivity contribution in [2.45, 2.75) is 30.8 Å². The molecule has 2 atom stereocenters. The number of fused-ring (bicyclic) bond motifs is 6. The predicted molar refractivity (Wildman–Crippen MR) is 144 cm³/mol. The summed E-state index contributed by atoms with van der Waals surface area (Å²) in [6, 6.07) is 25.9. The number of Topliss-reactive ketones (excluding diaryl/α,β-unsaturated/α-hetero) is 1. The summed E-state index contributed by atoms with van der Waals surface area (Å²) in [6.45, 7) is 1.13. The van der Waals surface area contributed by atoms with E-state index >= 15 is 0 Å². The van der Waals surface area contributed by atoms with Gasteiger partial charge in [-0.3, -0.25) is 14.7 Å². The molecule has 7 rings (SSSR count). The van der Waals surface area contributed by atoms with Crippen LogP contribution in [0.1, 0.15) is 40.2 Å². The standard InChI is InChI=1S/C32H28N2O4/c35-31(21-11-12-30-20(14-21)6-5-13-33-30)22-15-23-17-37-18-24(16-22)34(23)32(36)38-19-29-27-9-3-1-7-25(27)26-8-2-4-10-28(26)29/h1-14,22-24,29H,15-19H2. The smallest absolute Gasteiger partial charge is 0.410 e. The number of rotatable bonds is 4. The van der Waals surface area contributed by atoms with E-state index < -0.39 is 0 Å². The van der Waals surface area contributed by atoms with Crippen molar-refractivity contribution in [3.8, 4) is 11.1 Å². The molecule has 1 aromatic heterocycles. The molecule has 4 aromatic rings. The van der Waals surface area contributed by atoms with Crippen molar-refractivity contribution >= 4 is 22.8 Å². The lowest BCUT2D eigenvalue weighted by Crippen LogP contribution is -2.60. The summed E-state index contributed by atoms with van der Waals surface area (Å²) >= 11 is 0. The van der Waals surface area contributed by atoms with Crippen LogP contribution in [0.3, 0.4) is 0 Å². The van der Waals surface area contributed by atoms with Crippen LogP contribution in [0.15, 0.2) is 85.1 Å². The lowest BCUT2D eigenvalue weighted by atomic mass is 9.80. The van der Waals surface area contributed by atoms with Crippen molar-refractivity contribution in [2.24, 2.45) is 5.92 Å². The summed E-state index contributed by atoms with van der Waals surface area (Å²) in [5, 5.41) is 0.956. The number of nitrogens with zero attached hydrogens (tertiary/aromatic N) is 2. The van der Waals surface area contributed by atoms with Crippen molar-refractivity contribution in [1.82, 2.24) is 9.88 Å². The molecule has 3 heterocycles. The number of amides is 1. The molecule has 0 spiro atoms. The Kier molecular flexibility index (Phi) is 5.70. The van der Waals surface area contributed by atoms with Gasteiger partial charge in [-0.05, 0) is 59.4 Å². The van der Waals surface area contributed by atoms with Gasteiger partial charge in [-0.2, -0.15) is 0 Å². The number of hydrogen-bond acceptors (Lipinski definition) is 5. The van der Waals surface area contributed by atoms with Crippen molar-refractivity contribution in [2.75, 3.05) is 19.8 Å². The maximum absolute atomic E-state index is 13.5. The van der Waals surface area contributed by atoms with Crippen molar-refractivity contribution in [3.05, 3.63) is 102 Å². The first-order chi connectivity index (χ1) is 18.7. The van der Waals surface area contributed by atoms with E-state index in [0.717, 1.165) is 10.9 Å². The highest BCUT2D eigenvalue weighted by molar-refractivity contribution is 6.01. The molecule has 2 saturated heterocycles. The summed E-state index contributed by atoms with van der Waals surface area (Å²) in [5.74, 6) is -0.00977. The van der Waals surface area contributed by atoms with Gasteiger partial charge in [0.25, 0.3) is 0 Å². The molecular weight excluding hydrogens is 476 g/mol. The van der Waals surface area contributed by atoms with Gasteiger partial charge in [0.1, 0.15) is 6.61 Å². The molecule has 2 bridgehead atoms. The quantitative estimate of drug-likeness (QED) is 0.326. The molecule has 38 heavy (non-hydrogen) atoms. The molecule has 0 radical (unpaired) electrons. The third-order valence-electron chi connectivity index (χ3n) is 8.33. The van der Waals surface area contributed by atoms with Crippen molar-refractivity contribution in [3.63, 3.8) is 0 Å². The Morgan fingerprint density at radius 1 is 0.868 bits per heavy atom. The Balaban J connectivity index is 1.07. The number of ketones is 1. The van der Waals surface area contributed by atoms with Crippen LogP contribution in [-0.2, 0) is 9.47 Å². The van der Waals surface area contributed by atoms with Crippen LogP contribution < -0.4 is 0 Å². The Hall–Kier alpha value is -4.03.